The number of hydrogen-bond donors (Lipinski definition) is 0. The van der Waals surface area contributed by atoms with Gasteiger partial charge in [-0.3, -0.25) is 4.79 Å². The Morgan fingerprint density at radius 2 is 1.38 bits per heavy atom. The van der Waals surface area contributed by atoms with Crippen molar-refractivity contribution in [1.82, 2.24) is 4.90 Å². The summed E-state index contributed by atoms with van der Waals surface area (Å²) < 4.78 is 0. The van der Waals surface area contributed by atoms with Crippen molar-refractivity contribution >= 4 is 17.2 Å². The molecule has 1 fully saturated rings. The van der Waals surface area contributed by atoms with Gasteiger partial charge < -0.3 is 9.80 Å². The number of piperazine rings is 1. The summed E-state index contributed by atoms with van der Waals surface area (Å²) in [5, 5.41) is 0. The van der Waals surface area contributed by atoms with E-state index in [1.807, 2.05) is 29.2 Å². The number of aryl methyl sites for hydroxylation is 2. The van der Waals surface area contributed by atoms with Gasteiger partial charge in [-0.2, -0.15) is 0 Å². The highest BCUT2D eigenvalue weighted by Gasteiger charge is 2.26. The van der Waals surface area contributed by atoms with Crippen molar-refractivity contribution in [3.63, 3.8) is 0 Å². The Kier molecular flexibility index (Phi) is 7.06. The second-order valence-electron chi connectivity index (χ2n) is 8.57. The molecule has 0 atom stereocenters. The van der Waals surface area contributed by atoms with E-state index in [0.717, 1.165) is 55.7 Å². The molecule has 32 heavy (non-hydrogen) atoms. The summed E-state index contributed by atoms with van der Waals surface area (Å²) in [6.45, 7) is 7.44. The Balaban J connectivity index is 1.55. The van der Waals surface area contributed by atoms with Crippen LogP contribution in [0, 0.1) is 6.92 Å². The monoisotopic (exact) mass is 424 g/mol. The molecule has 1 amide bonds. The number of anilines is 1. The molecule has 0 radical (unpaired) electrons. The van der Waals surface area contributed by atoms with E-state index in [1.54, 1.807) is 0 Å². The molecule has 1 saturated heterocycles. The van der Waals surface area contributed by atoms with Gasteiger partial charge in [0.1, 0.15) is 0 Å². The molecule has 1 aliphatic rings. The first-order valence-corrected chi connectivity index (χ1v) is 11.5. The molecular formula is C29H32N2O. The van der Waals surface area contributed by atoms with Gasteiger partial charge in [-0.05, 0) is 55.5 Å². The van der Waals surface area contributed by atoms with Gasteiger partial charge in [0.25, 0.3) is 5.91 Å². The minimum atomic E-state index is 0.164. The normalized spacial score (nSPS) is 14.8. The fourth-order valence-electron chi connectivity index (χ4n) is 4.45. The minimum absolute atomic E-state index is 0.164. The van der Waals surface area contributed by atoms with Gasteiger partial charge >= 0.3 is 0 Å². The van der Waals surface area contributed by atoms with Crippen LogP contribution in [0.3, 0.4) is 0 Å². The van der Waals surface area contributed by atoms with Crippen LogP contribution in [0.5, 0.6) is 0 Å². The standard InChI is InChI=1S/C29H32N2O/c1-23-11-9-10-16-27(23)28(24(2)17-18-25-12-5-3-6-13-25)29(32)31-21-19-30(20-22-31)26-14-7-4-8-15-26/h3-16H,17-22H2,1-2H3/b28-24+. The topological polar surface area (TPSA) is 23.6 Å². The molecule has 3 aromatic carbocycles. The van der Waals surface area contributed by atoms with Gasteiger partial charge in [-0.25, -0.2) is 0 Å². The van der Waals surface area contributed by atoms with E-state index in [0.29, 0.717) is 0 Å². The van der Waals surface area contributed by atoms with Gasteiger partial charge in [-0.1, -0.05) is 78.4 Å². The Morgan fingerprint density at radius 3 is 2.03 bits per heavy atom. The fourth-order valence-corrected chi connectivity index (χ4v) is 4.45. The molecule has 3 heteroatoms. The van der Waals surface area contributed by atoms with Crippen molar-refractivity contribution in [1.29, 1.82) is 0 Å². The van der Waals surface area contributed by atoms with Crippen LogP contribution in [0.4, 0.5) is 5.69 Å². The average molecular weight is 425 g/mol. The van der Waals surface area contributed by atoms with Gasteiger partial charge in [0.2, 0.25) is 0 Å². The van der Waals surface area contributed by atoms with Crippen molar-refractivity contribution in [3.8, 4) is 0 Å². The third-order valence-electron chi connectivity index (χ3n) is 6.37. The van der Waals surface area contributed by atoms with Crippen LogP contribution in [0.15, 0.2) is 90.5 Å². The van der Waals surface area contributed by atoms with E-state index in [1.165, 1.54) is 16.8 Å². The number of carbonyl (C=O) groups excluding carboxylic acids is 1. The number of allylic oxidation sites excluding steroid dienone is 1. The van der Waals surface area contributed by atoms with Crippen LogP contribution < -0.4 is 4.90 Å². The molecule has 3 nitrogen and oxygen atoms in total. The molecular weight excluding hydrogens is 392 g/mol. The van der Waals surface area contributed by atoms with E-state index in [9.17, 15) is 4.79 Å². The molecule has 0 aromatic heterocycles. The Hall–Kier alpha value is -3.33. The molecule has 1 aliphatic heterocycles. The third-order valence-corrected chi connectivity index (χ3v) is 6.37. The first kappa shape index (κ1) is 21.9. The predicted octanol–water partition coefficient (Wildman–Crippen LogP) is 5.75. The maximum Gasteiger partial charge on any atom is 0.254 e. The largest absolute Gasteiger partial charge is 0.368 e. The molecule has 0 spiro atoms. The molecule has 0 aliphatic carbocycles. The Bertz CT molecular complexity index is 1060. The van der Waals surface area contributed by atoms with Gasteiger partial charge in [0.15, 0.2) is 0 Å². The SMILES string of the molecule is C/C(CCc1ccccc1)=C(\C(=O)N1CCN(c2ccccc2)CC1)c1ccccc1C. The van der Waals surface area contributed by atoms with Crippen molar-refractivity contribution < 1.29 is 4.79 Å². The lowest BCUT2D eigenvalue weighted by molar-refractivity contribution is -0.125. The summed E-state index contributed by atoms with van der Waals surface area (Å²) in [4.78, 5) is 18.2. The Labute approximate surface area is 192 Å². The highest BCUT2D eigenvalue weighted by atomic mass is 16.2. The molecule has 0 unspecified atom stereocenters. The molecule has 0 saturated carbocycles. The van der Waals surface area contributed by atoms with E-state index in [-0.39, 0.29) is 5.91 Å². The number of amides is 1. The zero-order chi connectivity index (χ0) is 22.3. The summed E-state index contributed by atoms with van der Waals surface area (Å²) in [6.07, 6.45) is 1.82. The van der Waals surface area contributed by atoms with Crippen molar-refractivity contribution in [2.24, 2.45) is 0 Å². The number of benzene rings is 3. The molecule has 4 rings (SSSR count). The van der Waals surface area contributed by atoms with Gasteiger partial charge in [0, 0.05) is 37.4 Å². The number of hydrogen-bond acceptors (Lipinski definition) is 2. The first-order valence-electron chi connectivity index (χ1n) is 11.5. The summed E-state index contributed by atoms with van der Waals surface area (Å²) in [6, 6.07) is 29.3. The third kappa shape index (κ3) is 5.11. The van der Waals surface area contributed by atoms with E-state index in [2.05, 4.69) is 79.4 Å². The summed E-state index contributed by atoms with van der Waals surface area (Å²) in [5.74, 6) is 0.164. The van der Waals surface area contributed by atoms with Gasteiger partial charge in [-0.15, -0.1) is 0 Å². The molecule has 3 aromatic rings. The van der Waals surface area contributed by atoms with Crippen molar-refractivity contribution in [2.45, 2.75) is 26.7 Å². The fraction of sp³-hybridized carbons (Fsp3) is 0.276. The predicted molar refractivity (Wildman–Crippen MR) is 134 cm³/mol. The zero-order valence-electron chi connectivity index (χ0n) is 19.1. The number of carbonyl (C=O) groups is 1. The van der Waals surface area contributed by atoms with E-state index >= 15 is 0 Å². The molecule has 1 heterocycles. The van der Waals surface area contributed by atoms with E-state index < -0.39 is 0 Å². The minimum Gasteiger partial charge on any atom is -0.368 e. The van der Waals surface area contributed by atoms with E-state index in [4.69, 9.17) is 0 Å². The number of nitrogens with zero attached hydrogens (tertiary/aromatic N) is 2. The quantitative estimate of drug-likeness (QED) is 0.470. The summed E-state index contributed by atoms with van der Waals surface area (Å²) >= 11 is 0. The maximum atomic E-state index is 13.8. The van der Waals surface area contributed by atoms with Crippen LogP contribution in [-0.2, 0) is 11.2 Å². The second-order valence-corrected chi connectivity index (χ2v) is 8.57. The lowest BCUT2D eigenvalue weighted by Crippen LogP contribution is -2.49. The van der Waals surface area contributed by atoms with Crippen LogP contribution >= 0.6 is 0 Å². The van der Waals surface area contributed by atoms with Crippen LogP contribution in [0.2, 0.25) is 0 Å². The second kappa shape index (κ2) is 10.3. The highest BCUT2D eigenvalue weighted by Crippen LogP contribution is 2.28. The average Bonchev–Trinajstić information content (AvgIpc) is 2.85. The summed E-state index contributed by atoms with van der Waals surface area (Å²) in [5.41, 5.74) is 6.80. The first-order chi connectivity index (χ1) is 15.6. The van der Waals surface area contributed by atoms with Crippen LogP contribution in [0.1, 0.15) is 30.0 Å². The smallest absolute Gasteiger partial charge is 0.254 e. The molecule has 0 N–H and O–H groups in total. The molecule has 0 bridgehead atoms. The number of para-hydroxylation sites is 1. The Morgan fingerprint density at radius 1 is 0.781 bits per heavy atom. The summed E-state index contributed by atoms with van der Waals surface area (Å²) in [7, 11) is 0. The van der Waals surface area contributed by atoms with Gasteiger partial charge in [0.05, 0.1) is 0 Å². The van der Waals surface area contributed by atoms with Crippen molar-refractivity contribution in [2.75, 3.05) is 31.1 Å². The van der Waals surface area contributed by atoms with Crippen LogP contribution in [0.25, 0.3) is 5.57 Å². The maximum absolute atomic E-state index is 13.8. The molecule has 164 valence electrons. The zero-order valence-corrected chi connectivity index (χ0v) is 19.1. The highest BCUT2D eigenvalue weighted by molar-refractivity contribution is 6.20. The van der Waals surface area contributed by atoms with Crippen LogP contribution in [-0.4, -0.2) is 37.0 Å². The lowest BCUT2D eigenvalue weighted by atomic mass is 9.92. The number of rotatable bonds is 6. The lowest BCUT2D eigenvalue weighted by Gasteiger charge is -2.37. The van der Waals surface area contributed by atoms with Crippen molar-refractivity contribution in [3.05, 3.63) is 107 Å².